The van der Waals surface area contributed by atoms with Crippen LogP contribution in [0.1, 0.15) is 66.8 Å². The zero-order valence-corrected chi connectivity index (χ0v) is 18.0. The van der Waals surface area contributed by atoms with Gasteiger partial charge in [0.1, 0.15) is 11.4 Å². The minimum Gasteiger partial charge on any atom is -0.479 e. The molecule has 0 radical (unpaired) electrons. The van der Waals surface area contributed by atoms with E-state index in [1.165, 1.54) is 7.11 Å². The maximum atomic E-state index is 13.5. The van der Waals surface area contributed by atoms with Crippen molar-refractivity contribution in [3.8, 4) is 5.88 Å². The van der Waals surface area contributed by atoms with Gasteiger partial charge in [-0.2, -0.15) is 0 Å². The van der Waals surface area contributed by atoms with Crippen molar-refractivity contribution in [3.63, 3.8) is 0 Å². The normalized spacial score (nSPS) is 19.4. The van der Waals surface area contributed by atoms with Gasteiger partial charge in [0.25, 0.3) is 11.5 Å². The van der Waals surface area contributed by atoms with Gasteiger partial charge in [-0.3, -0.25) is 18.8 Å². The Bertz CT molecular complexity index is 1190. The summed E-state index contributed by atoms with van der Waals surface area (Å²) < 4.78 is 8.80. The molecule has 1 amide bonds. The predicted molar refractivity (Wildman–Crippen MR) is 116 cm³/mol. The molecular formula is C23H27N5O3. The van der Waals surface area contributed by atoms with E-state index in [0.717, 1.165) is 38.5 Å². The molecular weight excluding hydrogens is 394 g/mol. The van der Waals surface area contributed by atoms with Crippen LogP contribution >= 0.6 is 0 Å². The van der Waals surface area contributed by atoms with Crippen LogP contribution in [0.15, 0.2) is 35.3 Å². The molecule has 0 spiro atoms. The highest BCUT2D eigenvalue weighted by atomic mass is 16.5. The molecule has 31 heavy (non-hydrogen) atoms. The van der Waals surface area contributed by atoms with Crippen molar-refractivity contribution in [3.05, 3.63) is 52.2 Å². The van der Waals surface area contributed by atoms with Crippen LogP contribution in [-0.2, 0) is 7.05 Å². The van der Waals surface area contributed by atoms with Gasteiger partial charge < -0.3 is 9.64 Å². The number of para-hydroxylation sites is 1. The van der Waals surface area contributed by atoms with E-state index in [0.29, 0.717) is 34.7 Å². The second kappa shape index (κ2) is 7.83. The van der Waals surface area contributed by atoms with E-state index >= 15 is 0 Å². The number of benzene rings is 1. The highest BCUT2D eigenvalue weighted by Gasteiger charge is 2.37. The average molecular weight is 422 g/mol. The molecule has 1 aliphatic carbocycles. The number of fused-ring (bicyclic) bond motifs is 1. The second-order valence-corrected chi connectivity index (χ2v) is 8.48. The second-order valence-electron chi connectivity index (χ2n) is 8.48. The molecule has 2 aliphatic rings. The zero-order chi connectivity index (χ0) is 21.5. The van der Waals surface area contributed by atoms with E-state index < -0.39 is 0 Å². The lowest BCUT2D eigenvalue weighted by Gasteiger charge is -2.28. The van der Waals surface area contributed by atoms with E-state index in [-0.39, 0.29) is 23.6 Å². The van der Waals surface area contributed by atoms with E-state index in [4.69, 9.17) is 9.72 Å². The summed E-state index contributed by atoms with van der Waals surface area (Å²) in [6.45, 7) is 0.620. The Balaban J connectivity index is 1.63. The van der Waals surface area contributed by atoms with Crippen molar-refractivity contribution in [2.24, 2.45) is 7.05 Å². The lowest BCUT2D eigenvalue weighted by Crippen LogP contribution is -2.36. The lowest BCUT2D eigenvalue weighted by atomic mass is 10.1. The molecule has 8 heteroatoms. The number of likely N-dealkylation sites (tertiary alicyclic amines) is 1. The highest BCUT2D eigenvalue weighted by Crippen LogP contribution is 2.37. The number of ether oxygens (including phenoxy) is 1. The molecule has 2 aromatic heterocycles. The topological polar surface area (TPSA) is 82.2 Å². The first kappa shape index (κ1) is 19.8. The molecule has 5 rings (SSSR count). The third-order valence-electron chi connectivity index (χ3n) is 6.56. The number of hydrogen-bond donors (Lipinski definition) is 0. The predicted octanol–water partition coefficient (Wildman–Crippen LogP) is 3.23. The number of carbonyl (C=O) groups is 1. The van der Waals surface area contributed by atoms with Crippen LogP contribution in [0.4, 0.5) is 0 Å². The molecule has 1 saturated heterocycles. The highest BCUT2D eigenvalue weighted by molar-refractivity contribution is 5.96. The molecule has 1 atom stereocenters. The summed E-state index contributed by atoms with van der Waals surface area (Å²) in [5.74, 6) is 0.898. The van der Waals surface area contributed by atoms with Gasteiger partial charge in [-0.15, -0.1) is 5.10 Å². The van der Waals surface area contributed by atoms with Crippen molar-refractivity contribution in [1.82, 2.24) is 24.2 Å². The number of hydrogen-bond acceptors (Lipinski definition) is 5. The Morgan fingerprint density at radius 2 is 1.90 bits per heavy atom. The summed E-state index contributed by atoms with van der Waals surface area (Å²) in [4.78, 5) is 33.8. The van der Waals surface area contributed by atoms with Gasteiger partial charge in [0, 0.05) is 25.8 Å². The third-order valence-corrected chi connectivity index (χ3v) is 6.56. The van der Waals surface area contributed by atoms with E-state index in [9.17, 15) is 9.59 Å². The number of rotatable bonds is 4. The largest absolute Gasteiger partial charge is 0.479 e. The fourth-order valence-corrected chi connectivity index (χ4v) is 5.11. The van der Waals surface area contributed by atoms with Gasteiger partial charge >= 0.3 is 0 Å². The minimum atomic E-state index is -0.240. The van der Waals surface area contributed by atoms with Crippen LogP contribution in [0, 0.1) is 0 Å². The van der Waals surface area contributed by atoms with Crippen molar-refractivity contribution in [1.29, 1.82) is 0 Å². The van der Waals surface area contributed by atoms with E-state index in [1.54, 1.807) is 17.9 Å². The fourth-order valence-electron chi connectivity index (χ4n) is 5.11. The van der Waals surface area contributed by atoms with Gasteiger partial charge in [-0.25, -0.2) is 4.98 Å². The van der Waals surface area contributed by atoms with Crippen molar-refractivity contribution in [2.75, 3.05) is 13.7 Å². The van der Waals surface area contributed by atoms with Crippen LogP contribution < -0.4 is 10.3 Å². The number of aryl methyl sites for hydroxylation is 1. The molecule has 3 heterocycles. The Morgan fingerprint density at radius 1 is 1.13 bits per heavy atom. The Hall–Kier alpha value is -3.16. The quantitative estimate of drug-likeness (QED) is 0.646. The Labute approximate surface area is 180 Å². The third kappa shape index (κ3) is 3.30. The van der Waals surface area contributed by atoms with Gasteiger partial charge in [0.2, 0.25) is 5.88 Å². The maximum absolute atomic E-state index is 13.5. The molecule has 0 bridgehead atoms. The van der Waals surface area contributed by atoms with Crippen LogP contribution in [0.25, 0.3) is 10.9 Å². The minimum absolute atomic E-state index is 0.00533. The number of methoxy groups -OCH3 is 1. The number of nitrogens with zero attached hydrogens (tertiary/aromatic N) is 5. The van der Waals surface area contributed by atoms with Gasteiger partial charge in [-0.05, 0) is 37.8 Å². The summed E-state index contributed by atoms with van der Waals surface area (Å²) in [6, 6.07) is 7.41. The first-order chi connectivity index (χ1) is 15.1. The first-order valence-electron chi connectivity index (χ1n) is 11.0. The monoisotopic (exact) mass is 421 g/mol. The number of aromatic nitrogens is 4. The molecule has 3 aromatic rings. The number of carbonyl (C=O) groups excluding carboxylic acids is 1. The Kier molecular flexibility index (Phi) is 5.00. The summed E-state index contributed by atoms with van der Waals surface area (Å²) in [5.41, 5.74) is 1.13. The summed E-state index contributed by atoms with van der Waals surface area (Å²) in [6.07, 6.45) is 7.52. The van der Waals surface area contributed by atoms with Gasteiger partial charge in [0.15, 0.2) is 0 Å². The summed E-state index contributed by atoms with van der Waals surface area (Å²) >= 11 is 0. The van der Waals surface area contributed by atoms with Crippen molar-refractivity contribution < 1.29 is 9.53 Å². The smallest absolute Gasteiger partial charge is 0.261 e. The number of amides is 1. The first-order valence-corrected chi connectivity index (χ1v) is 11.0. The van der Waals surface area contributed by atoms with Crippen molar-refractivity contribution >= 4 is 16.8 Å². The average Bonchev–Trinajstić information content (AvgIpc) is 3.53. The van der Waals surface area contributed by atoms with Crippen LogP contribution in [0.2, 0.25) is 0 Å². The SMILES string of the molecule is COc1nn(C)cc1C(=O)N1CCCC1c1nc2ccccc2c(=O)n1C1CCCC1. The van der Waals surface area contributed by atoms with Gasteiger partial charge in [0.05, 0.1) is 24.1 Å². The van der Waals surface area contributed by atoms with Crippen LogP contribution in [0.3, 0.4) is 0 Å². The Morgan fingerprint density at radius 3 is 2.68 bits per heavy atom. The summed E-state index contributed by atoms with van der Waals surface area (Å²) in [7, 11) is 3.28. The molecule has 0 N–H and O–H groups in total. The maximum Gasteiger partial charge on any atom is 0.261 e. The van der Waals surface area contributed by atoms with Crippen molar-refractivity contribution in [2.45, 2.75) is 50.6 Å². The van der Waals surface area contributed by atoms with Crippen LogP contribution in [-0.4, -0.2) is 43.8 Å². The van der Waals surface area contributed by atoms with E-state index in [1.807, 2.05) is 33.7 Å². The standard InChI is InChI=1S/C23H27N5O3/c1-26-14-17(21(25-26)31-2)22(29)27-13-7-12-19(27)20-24-18-11-6-5-10-16(18)23(30)28(20)15-8-3-4-9-15/h5-6,10-11,14-15,19H,3-4,7-9,12-13H2,1-2H3. The van der Waals surface area contributed by atoms with Gasteiger partial charge in [-0.1, -0.05) is 25.0 Å². The molecule has 1 aromatic carbocycles. The summed E-state index contributed by atoms with van der Waals surface area (Å²) in [5, 5.41) is 4.87. The zero-order valence-electron chi connectivity index (χ0n) is 18.0. The molecule has 8 nitrogen and oxygen atoms in total. The molecule has 1 saturated carbocycles. The fraction of sp³-hybridized carbons (Fsp3) is 0.478. The lowest BCUT2D eigenvalue weighted by molar-refractivity contribution is 0.0721. The van der Waals surface area contributed by atoms with E-state index in [2.05, 4.69) is 5.10 Å². The van der Waals surface area contributed by atoms with Crippen LogP contribution in [0.5, 0.6) is 5.88 Å². The molecule has 1 unspecified atom stereocenters. The molecule has 2 fully saturated rings. The molecule has 162 valence electrons. The molecule has 1 aliphatic heterocycles.